The Morgan fingerprint density at radius 2 is 1.88 bits per heavy atom. The first kappa shape index (κ1) is 15.0. The van der Waals surface area contributed by atoms with E-state index in [-0.39, 0.29) is 0 Å². The first-order valence-electron chi connectivity index (χ1n) is 7.28. The fraction of sp³-hybridized carbons (Fsp3) is 1.00. The highest BCUT2D eigenvalue weighted by molar-refractivity contribution is 4.85. The molecule has 1 saturated heterocycles. The Morgan fingerprint density at radius 3 is 2.41 bits per heavy atom. The molecule has 0 saturated carbocycles. The Kier molecular flexibility index (Phi) is 5.46. The zero-order valence-electron chi connectivity index (χ0n) is 12.7. The second kappa shape index (κ2) is 6.19. The summed E-state index contributed by atoms with van der Waals surface area (Å²) in [6.45, 7) is 17.8. The van der Waals surface area contributed by atoms with Crippen molar-refractivity contribution in [3.05, 3.63) is 0 Å². The van der Waals surface area contributed by atoms with Crippen molar-refractivity contribution in [3.8, 4) is 0 Å². The lowest BCUT2D eigenvalue weighted by atomic mass is 9.86. The zero-order chi connectivity index (χ0) is 13.1. The Hall–Kier alpha value is -0.0800. The second-order valence-electron chi connectivity index (χ2n) is 7.17. The molecule has 1 rings (SSSR count). The summed E-state index contributed by atoms with van der Waals surface area (Å²) in [6, 6.07) is 1.35. The SMILES string of the molecule is CC(C)CC1CN(C(C)C(C)(C)C)CCCN1. The van der Waals surface area contributed by atoms with Gasteiger partial charge in [0.25, 0.3) is 0 Å². The summed E-state index contributed by atoms with van der Waals surface area (Å²) in [7, 11) is 0. The average Bonchev–Trinajstić information content (AvgIpc) is 2.39. The largest absolute Gasteiger partial charge is 0.313 e. The van der Waals surface area contributed by atoms with Gasteiger partial charge in [0.05, 0.1) is 0 Å². The minimum absolute atomic E-state index is 0.382. The van der Waals surface area contributed by atoms with Gasteiger partial charge in [0.15, 0.2) is 0 Å². The number of nitrogens with one attached hydrogen (secondary N) is 1. The molecule has 0 radical (unpaired) electrons. The highest BCUT2D eigenvalue weighted by atomic mass is 15.2. The lowest BCUT2D eigenvalue weighted by Gasteiger charge is -2.38. The van der Waals surface area contributed by atoms with Crippen molar-refractivity contribution in [2.45, 2.75) is 66.5 Å². The van der Waals surface area contributed by atoms with Crippen LogP contribution in [0.2, 0.25) is 0 Å². The molecule has 1 fully saturated rings. The van der Waals surface area contributed by atoms with E-state index in [0.717, 1.165) is 5.92 Å². The van der Waals surface area contributed by atoms with Crippen LogP contribution in [0.1, 0.15) is 54.4 Å². The molecule has 0 aromatic carbocycles. The number of rotatable bonds is 3. The molecule has 2 heteroatoms. The Labute approximate surface area is 108 Å². The fourth-order valence-electron chi connectivity index (χ4n) is 2.65. The van der Waals surface area contributed by atoms with E-state index >= 15 is 0 Å². The molecule has 1 heterocycles. The number of hydrogen-bond acceptors (Lipinski definition) is 2. The van der Waals surface area contributed by atoms with Gasteiger partial charge in [-0.2, -0.15) is 0 Å². The van der Waals surface area contributed by atoms with Gasteiger partial charge in [-0.25, -0.2) is 0 Å². The van der Waals surface area contributed by atoms with Crippen molar-refractivity contribution in [2.24, 2.45) is 11.3 Å². The van der Waals surface area contributed by atoms with Crippen molar-refractivity contribution in [1.82, 2.24) is 10.2 Å². The molecule has 17 heavy (non-hydrogen) atoms. The summed E-state index contributed by atoms with van der Waals surface area (Å²) in [5.74, 6) is 0.789. The molecule has 0 amide bonds. The molecular formula is C15H32N2. The van der Waals surface area contributed by atoms with Crippen LogP contribution in [0.25, 0.3) is 0 Å². The van der Waals surface area contributed by atoms with Crippen molar-refractivity contribution >= 4 is 0 Å². The molecule has 1 aliphatic rings. The minimum atomic E-state index is 0.382. The maximum atomic E-state index is 3.71. The predicted octanol–water partition coefficient (Wildman–Crippen LogP) is 3.13. The molecular weight excluding hydrogens is 208 g/mol. The third kappa shape index (κ3) is 4.97. The van der Waals surface area contributed by atoms with Crippen LogP contribution in [-0.4, -0.2) is 36.6 Å². The van der Waals surface area contributed by atoms with Gasteiger partial charge in [-0.3, -0.25) is 4.90 Å². The quantitative estimate of drug-likeness (QED) is 0.815. The van der Waals surface area contributed by atoms with Gasteiger partial charge >= 0.3 is 0 Å². The van der Waals surface area contributed by atoms with Crippen LogP contribution in [0.3, 0.4) is 0 Å². The van der Waals surface area contributed by atoms with Gasteiger partial charge in [0, 0.05) is 18.6 Å². The predicted molar refractivity (Wildman–Crippen MR) is 76.4 cm³/mol. The van der Waals surface area contributed by atoms with Gasteiger partial charge in [0.1, 0.15) is 0 Å². The molecule has 0 aliphatic carbocycles. The van der Waals surface area contributed by atoms with Gasteiger partial charge in [0.2, 0.25) is 0 Å². The lowest BCUT2D eigenvalue weighted by Crippen LogP contribution is -2.46. The first-order valence-corrected chi connectivity index (χ1v) is 7.28. The first-order chi connectivity index (χ1) is 7.80. The summed E-state index contributed by atoms with van der Waals surface area (Å²) in [4.78, 5) is 2.69. The molecule has 0 bridgehead atoms. The lowest BCUT2D eigenvalue weighted by molar-refractivity contribution is 0.108. The smallest absolute Gasteiger partial charge is 0.0197 e. The molecule has 0 aromatic heterocycles. The van der Waals surface area contributed by atoms with E-state index in [2.05, 4.69) is 51.8 Å². The van der Waals surface area contributed by atoms with E-state index < -0.39 is 0 Å². The van der Waals surface area contributed by atoms with Crippen LogP contribution in [0.4, 0.5) is 0 Å². The van der Waals surface area contributed by atoms with Crippen molar-refractivity contribution in [2.75, 3.05) is 19.6 Å². The molecule has 1 N–H and O–H groups in total. The van der Waals surface area contributed by atoms with E-state index in [9.17, 15) is 0 Å². The topological polar surface area (TPSA) is 15.3 Å². The van der Waals surface area contributed by atoms with Crippen LogP contribution < -0.4 is 5.32 Å². The van der Waals surface area contributed by atoms with Gasteiger partial charge in [-0.05, 0) is 44.2 Å². The monoisotopic (exact) mass is 240 g/mol. The van der Waals surface area contributed by atoms with Crippen LogP contribution in [-0.2, 0) is 0 Å². The highest BCUT2D eigenvalue weighted by Gasteiger charge is 2.29. The summed E-state index contributed by atoms with van der Waals surface area (Å²) >= 11 is 0. The third-order valence-electron chi connectivity index (χ3n) is 4.07. The van der Waals surface area contributed by atoms with Gasteiger partial charge < -0.3 is 5.32 Å². The van der Waals surface area contributed by atoms with E-state index in [1.54, 1.807) is 0 Å². The molecule has 1 aliphatic heterocycles. The van der Waals surface area contributed by atoms with Gasteiger partial charge in [-0.1, -0.05) is 34.6 Å². The van der Waals surface area contributed by atoms with Crippen LogP contribution in [0, 0.1) is 11.3 Å². The Bertz CT molecular complexity index is 217. The van der Waals surface area contributed by atoms with E-state index in [1.165, 1.54) is 32.5 Å². The standard InChI is InChI=1S/C15H32N2/c1-12(2)10-14-11-17(9-7-8-16-14)13(3)15(4,5)6/h12-14,16H,7-11H2,1-6H3. The highest BCUT2D eigenvalue weighted by Crippen LogP contribution is 2.25. The number of nitrogens with zero attached hydrogens (tertiary/aromatic N) is 1. The summed E-state index contributed by atoms with van der Waals surface area (Å²) in [6.07, 6.45) is 2.59. The molecule has 2 nitrogen and oxygen atoms in total. The van der Waals surface area contributed by atoms with E-state index in [1.807, 2.05) is 0 Å². The minimum Gasteiger partial charge on any atom is -0.313 e. The molecule has 0 aromatic rings. The summed E-state index contributed by atoms with van der Waals surface area (Å²) in [5.41, 5.74) is 0.382. The zero-order valence-corrected chi connectivity index (χ0v) is 12.7. The van der Waals surface area contributed by atoms with Gasteiger partial charge in [-0.15, -0.1) is 0 Å². The number of hydrogen-bond donors (Lipinski definition) is 1. The average molecular weight is 240 g/mol. The molecule has 102 valence electrons. The van der Waals surface area contributed by atoms with E-state index in [0.29, 0.717) is 17.5 Å². The maximum absolute atomic E-state index is 3.71. The Balaban J connectivity index is 2.59. The molecule has 2 unspecified atom stereocenters. The molecule has 0 spiro atoms. The maximum Gasteiger partial charge on any atom is 0.0197 e. The summed E-state index contributed by atoms with van der Waals surface area (Å²) < 4.78 is 0. The van der Waals surface area contributed by atoms with Crippen LogP contribution in [0.15, 0.2) is 0 Å². The Morgan fingerprint density at radius 1 is 1.24 bits per heavy atom. The van der Waals surface area contributed by atoms with Crippen LogP contribution >= 0.6 is 0 Å². The van der Waals surface area contributed by atoms with Crippen molar-refractivity contribution in [3.63, 3.8) is 0 Å². The summed E-state index contributed by atoms with van der Waals surface area (Å²) in [5, 5.41) is 3.71. The third-order valence-corrected chi connectivity index (χ3v) is 4.07. The fourth-order valence-corrected chi connectivity index (χ4v) is 2.65. The van der Waals surface area contributed by atoms with Crippen LogP contribution in [0.5, 0.6) is 0 Å². The normalized spacial score (nSPS) is 25.9. The van der Waals surface area contributed by atoms with Crippen molar-refractivity contribution < 1.29 is 0 Å². The molecule has 2 atom stereocenters. The second-order valence-corrected chi connectivity index (χ2v) is 7.17. The van der Waals surface area contributed by atoms with E-state index in [4.69, 9.17) is 0 Å². The van der Waals surface area contributed by atoms with Crippen molar-refractivity contribution in [1.29, 1.82) is 0 Å².